The molecule has 0 aliphatic carbocycles. The Kier molecular flexibility index (Phi) is 4.16. The van der Waals surface area contributed by atoms with Crippen LogP contribution < -0.4 is 5.32 Å². The van der Waals surface area contributed by atoms with Gasteiger partial charge >= 0.3 is 0 Å². The third-order valence-corrected chi connectivity index (χ3v) is 2.47. The largest absolute Gasteiger partial charge is 0.500 e. The van der Waals surface area contributed by atoms with Crippen molar-refractivity contribution in [3.8, 4) is 0 Å². The Morgan fingerprint density at radius 2 is 1.88 bits per heavy atom. The number of aliphatic hydroxyl groups is 4. The van der Waals surface area contributed by atoms with E-state index in [1.807, 2.05) is 0 Å². The normalized spacial score (nSPS) is 39.1. The molecule has 1 aliphatic heterocycles. The number of thiocarbonyl (C=S) groups is 1. The third-order valence-electron chi connectivity index (χ3n) is 2.23. The van der Waals surface area contributed by atoms with Gasteiger partial charge in [-0.15, -0.1) is 0 Å². The number of rotatable bonds is 2. The Labute approximate surface area is 96.6 Å². The molecule has 0 aromatic carbocycles. The van der Waals surface area contributed by atoms with Crippen molar-refractivity contribution in [1.82, 2.24) is 5.32 Å². The van der Waals surface area contributed by atoms with Crippen molar-refractivity contribution in [3.05, 3.63) is 0 Å². The molecule has 1 heterocycles. The summed E-state index contributed by atoms with van der Waals surface area (Å²) in [4.78, 5) is 10.8. The molecule has 0 unspecified atom stereocenters. The zero-order valence-electron chi connectivity index (χ0n) is 8.40. The first-order valence-corrected chi connectivity index (χ1v) is 4.95. The molecule has 92 valence electrons. The number of ether oxygens (including phenoxy) is 1. The van der Waals surface area contributed by atoms with Crippen molar-refractivity contribution in [2.45, 2.75) is 37.6 Å². The van der Waals surface area contributed by atoms with E-state index in [1.165, 1.54) is 6.92 Å². The quantitative estimate of drug-likeness (QED) is 0.354. The maximum Gasteiger partial charge on any atom is 0.217 e. The molecule has 7 nitrogen and oxygen atoms in total. The Morgan fingerprint density at radius 1 is 1.31 bits per heavy atom. The van der Waals surface area contributed by atoms with Crippen LogP contribution in [0.4, 0.5) is 0 Å². The third kappa shape index (κ3) is 2.66. The summed E-state index contributed by atoms with van der Waals surface area (Å²) in [5.41, 5.74) is 0. The minimum absolute atomic E-state index is 0.496. The predicted octanol–water partition coefficient (Wildman–Crippen LogP) is -2.18. The van der Waals surface area contributed by atoms with Gasteiger partial charge in [0.05, 0.1) is 0 Å². The Morgan fingerprint density at radius 3 is 2.31 bits per heavy atom. The lowest BCUT2D eigenvalue weighted by atomic mass is 9.97. The van der Waals surface area contributed by atoms with Crippen molar-refractivity contribution in [1.29, 1.82) is 0 Å². The van der Waals surface area contributed by atoms with Gasteiger partial charge in [-0.3, -0.25) is 4.79 Å². The van der Waals surface area contributed by atoms with Gasteiger partial charge in [0.2, 0.25) is 5.91 Å². The molecule has 1 aliphatic rings. The van der Waals surface area contributed by atoms with Crippen LogP contribution >= 0.6 is 12.2 Å². The van der Waals surface area contributed by atoms with Crippen molar-refractivity contribution in [2.75, 3.05) is 0 Å². The summed E-state index contributed by atoms with van der Waals surface area (Å²) < 4.78 is 4.78. The minimum atomic E-state index is -1.56. The standard InChI is InChI=1S/C8H13NO6S/c1-2(10)9-3-4(11)5(12)6(8(14)16)15-7(3)13/h3-7,11-13H,1H3,(H,9,10)(H,14,16)/t3-,4-,5+,6+,7-/m1/s1. The summed E-state index contributed by atoms with van der Waals surface area (Å²) in [7, 11) is 0. The number of hydrogen-bond acceptors (Lipinski definition) is 6. The van der Waals surface area contributed by atoms with Crippen LogP contribution in [0.2, 0.25) is 0 Å². The van der Waals surface area contributed by atoms with Crippen LogP contribution in [0.5, 0.6) is 0 Å². The maximum absolute atomic E-state index is 10.8. The summed E-state index contributed by atoms with van der Waals surface area (Å²) in [5.74, 6) is -0.496. The van der Waals surface area contributed by atoms with E-state index < -0.39 is 41.6 Å². The summed E-state index contributed by atoms with van der Waals surface area (Å²) in [6.07, 6.45) is -5.91. The van der Waals surface area contributed by atoms with Crippen LogP contribution in [0.15, 0.2) is 0 Å². The number of hydrogen-bond donors (Lipinski definition) is 5. The highest BCUT2D eigenvalue weighted by Crippen LogP contribution is 2.20. The summed E-state index contributed by atoms with van der Waals surface area (Å²) in [5, 5.41) is 39.1. The molecule has 16 heavy (non-hydrogen) atoms. The van der Waals surface area contributed by atoms with E-state index in [1.54, 1.807) is 0 Å². The highest BCUT2D eigenvalue weighted by Gasteiger charge is 2.45. The van der Waals surface area contributed by atoms with Crippen LogP contribution in [0.25, 0.3) is 0 Å². The van der Waals surface area contributed by atoms with Gasteiger partial charge in [0.1, 0.15) is 18.2 Å². The van der Waals surface area contributed by atoms with Crippen LogP contribution in [-0.4, -0.2) is 62.0 Å². The lowest BCUT2D eigenvalue weighted by molar-refractivity contribution is -0.231. The van der Waals surface area contributed by atoms with Gasteiger partial charge in [-0.2, -0.15) is 0 Å². The Balaban J connectivity index is 2.79. The first-order chi connectivity index (χ1) is 7.34. The number of aliphatic hydroxyl groups excluding tert-OH is 4. The lowest BCUT2D eigenvalue weighted by Gasteiger charge is -2.39. The van der Waals surface area contributed by atoms with Crippen molar-refractivity contribution >= 4 is 23.2 Å². The van der Waals surface area contributed by atoms with E-state index in [0.717, 1.165) is 0 Å². The van der Waals surface area contributed by atoms with E-state index >= 15 is 0 Å². The molecule has 1 saturated heterocycles. The zero-order valence-corrected chi connectivity index (χ0v) is 9.22. The average molecular weight is 251 g/mol. The minimum Gasteiger partial charge on any atom is -0.500 e. The molecule has 0 aromatic rings. The van der Waals surface area contributed by atoms with Crippen LogP contribution in [-0.2, 0) is 9.53 Å². The maximum atomic E-state index is 10.8. The first-order valence-electron chi connectivity index (χ1n) is 4.54. The molecule has 1 amide bonds. The molecule has 1 fully saturated rings. The molecule has 0 saturated carbocycles. The van der Waals surface area contributed by atoms with E-state index in [0.29, 0.717) is 0 Å². The fourth-order valence-electron chi connectivity index (χ4n) is 1.47. The molecule has 0 bridgehead atoms. The Bertz CT molecular complexity index is 298. The molecule has 0 aromatic heterocycles. The number of carbonyl (C=O) groups is 1. The fraction of sp³-hybridized carbons (Fsp3) is 0.750. The predicted molar refractivity (Wildman–Crippen MR) is 55.7 cm³/mol. The number of amides is 1. The van der Waals surface area contributed by atoms with Gasteiger partial charge in [-0.1, -0.05) is 0 Å². The summed E-state index contributed by atoms with van der Waals surface area (Å²) in [6.45, 7) is 1.19. The molecule has 5 N–H and O–H groups in total. The zero-order chi connectivity index (χ0) is 12.5. The fourth-order valence-corrected chi connectivity index (χ4v) is 1.67. The van der Waals surface area contributed by atoms with Crippen LogP contribution in [0, 0.1) is 0 Å². The van der Waals surface area contributed by atoms with Gasteiger partial charge < -0.3 is 30.5 Å². The topological polar surface area (TPSA) is 119 Å². The molecular weight excluding hydrogens is 238 g/mol. The average Bonchev–Trinajstić information content (AvgIpc) is 2.17. The second kappa shape index (κ2) is 5.02. The molecule has 0 spiro atoms. The highest BCUT2D eigenvalue weighted by molar-refractivity contribution is 7.80. The van der Waals surface area contributed by atoms with Gasteiger partial charge in [0.15, 0.2) is 17.4 Å². The van der Waals surface area contributed by atoms with E-state index in [9.17, 15) is 20.1 Å². The summed E-state index contributed by atoms with van der Waals surface area (Å²) in [6, 6.07) is -1.17. The second-order valence-electron chi connectivity index (χ2n) is 3.49. The van der Waals surface area contributed by atoms with E-state index in [2.05, 4.69) is 17.5 Å². The molecule has 1 rings (SSSR count). The first kappa shape index (κ1) is 13.3. The van der Waals surface area contributed by atoms with Crippen molar-refractivity contribution in [3.63, 3.8) is 0 Å². The number of nitrogens with one attached hydrogen (secondary N) is 1. The molecule has 8 heteroatoms. The van der Waals surface area contributed by atoms with Gasteiger partial charge in [0, 0.05) is 6.92 Å². The van der Waals surface area contributed by atoms with Gasteiger partial charge in [-0.05, 0) is 12.2 Å². The monoisotopic (exact) mass is 251 g/mol. The van der Waals surface area contributed by atoms with Gasteiger partial charge in [-0.25, -0.2) is 0 Å². The number of carbonyl (C=O) groups excluding carboxylic acids is 1. The second-order valence-corrected chi connectivity index (χ2v) is 3.91. The highest BCUT2D eigenvalue weighted by atomic mass is 32.1. The smallest absolute Gasteiger partial charge is 0.217 e. The molecule has 5 atom stereocenters. The lowest BCUT2D eigenvalue weighted by Crippen LogP contribution is -2.64. The SMILES string of the molecule is CC(=O)N[C@@H]1[C@@H](O)[C@H](O)[C@@H](C(O)=S)O[C@H]1O. The molecular formula is C8H13NO6S. The van der Waals surface area contributed by atoms with Crippen LogP contribution in [0.1, 0.15) is 6.92 Å². The van der Waals surface area contributed by atoms with E-state index in [-0.39, 0.29) is 0 Å². The van der Waals surface area contributed by atoms with Gasteiger partial charge in [0.25, 0.3) is 0 Å². The molecule has 0 radical (unpaired) electrons. The van der Waals surface area contributed by atoms with Crippen molar-refractivity contribution < 1.29 is 30.0 Å². The van der Waals surface area contributed by atoms with Crippen molar-refractivity contribution in [2.24, 2.45) is 0 Å². The Hall–Kier alpha value is -0.800. The van der Waals surface area contributed by atoms with E-state index in [4.69, 9.17) is 9.84 Å². The summed E-state index contributed by atoms with van der Waals surface area (Å²) >= 11 is 4.39. The van der Waals surface area contributed by atoms with Crippen LogP contribution in [0.3, 0.4) is 0 Å².